The molecule has 0 saturated carbocycles. The number of hydrogen-bond acceptors (Lipinski definition) is 5. The van der Waals surface area contributed by atoms with Gasteiger partial charge >= 0.3 is 0 Å². The van der Waals surface area contributed by atoms with Gasteiger partial charge in [0.1, 0.15) is 5.75 Å². The molecule has 0 spiro atoms. The molecule has 0 atom stereocenters. The number of benzene rings is 1. The third kappa shape index (κ3) is 2.20. The molecule has 0 aliphatic carbocycles. The smallest absolute Gasteiger partial charge is 0.212 e. The second-order valence-electron chi connectivity index (χ2n) is 4.11. The largest absolute Gasteiger partial charge is 0.497 e. The highest BCUT2D eigenvalue weighted by Gasteiger charge is 2.11. The fourth-order valence-electron chi connectivity index (χ4n) is 1.94. The average Bonchev–Trinajstić information content (AvgIpc) is 2.99. The molecule has 0 unspecified atom stereocenters. The van der Waals surface area contributed by atoms with Gasteiger partial charge < -0.3 is 10.5 Å². The van der Waals surface area contributed by atoms with Crippen molar-refractivity contribution in [3.63, 3.8) is 0 Å². The van der Waals surface area contributed by atoms with Crippen LogP contribution in [0.15, 0.2) is 29.6 Å². The second kappa shape index (κ2) is 4.99. The lowest BCUT2D eigenvalue weighted by atomic mass is 10.2. The highest BCUT2D eigenvalue weighted by atomic mass is 32.1. The molecule has 6 heteroatoms. The van der Waals surface area contributed by atoms with E-state index in [2.05, 4.69) is 15.5 Å². The van der Waals surface area contributed by atoms with Crippen molar-refractivity contribution in [2.75, 3.05) is 13.7 Å². The maximum atomic E-state index is 5.54. The van der Waals surface area contributed by atoms with Gasteiger partial charge in [-0.3, -0.25) is 0 Å². The van der Waals surface area contributed by atoms with E-state index in [0.717, 1.165) is 27.8 Å². The van der Waals surface area contributed by atoms with Gasteiger partial charge in [0.05, 0.1) is 12.8 Å². The van der Waals surface area contributed by atoms with Gasteiger partial charge in [-0.05, 0) is 18.7 Å². The third-order valence-corrected chi connectivity index (χ3v) is 3.68. The Bertz CT molecular complexity index is 704. The molecule has 0 fully saturated rings. The Morgan fingerprint density at radius 3 is 3.11 bits per heavy atom. The molecular formula is C13H14N4OS. The molecular weight excluding hydrogens is 260 g/mol. The number of nitrogens with zero attached hydrogens (tertiary/aromatic N) is 3. The van der Waals surface area contributed by atoms with Gasteiger partial charge in [0.2, 0.25) is 4.96 Å². The second-order valence-corrected chi connectivity index (χ2v) is 4.95. The molecule has 0 bridgehead atoms. The van der Waals surface area contributed by atoms with Crippen LogP contribution in [-0.2, 0) is 6.42 Å². The van der Waals surface area contributed by atoms with Crippen molar-refractivity contribution in [1.29, 1.82) is 0 Å². The Kier molecular flexibility index (Phi) is 3.18. The number of thiazole rings is 1. The summed E-state index contributed by atoms with van der Waals surface area (Å²) in [6, 6.07) is 7.92. The first-order valence-electron chi connectivity index (χ1n) is 5.99. The summed E-state index contributed by atoms with van der Waals surface area (Å²) in [5.74, 6) is 1.62. The Labute approximate surface area is 114 Å². The van der Waals surface area contributed by atoms with Gasteiger partial charge in [0.15, 0.2) is 5.82 Å². The first-order chi connectivity index (χ1) is 9.31. The number of hydrogen-bond donors (Lipinski definition) is 1. The molecule has 0 saturated heterocycles. The molecule has 0 aliphatic heterocycles. The number of fused-ring (bicyclic) bond motifs is 1. The lowest BCUT2D eigenvalue weighted by molar-refractivity contribution is 0.415. The lowest BCUT2D eigenvalue weighted by Crippen LogP contribution is -2.04. The molecule has 0 aliphatic rings. The summed E-state index contributed by atoms with van der Waals surface area (Å²) in [7, 11) is 1.66. The van der Waals surface area contributed by atoms with Crippen molar-refractivity contribution >= 4 is 16.3 Å². The molecule has 1 aromatic carbocycles. The number of ether oxygens (including phenoxy) is 1. The zero-order valence-corrected chi connectivity index (χ0v) is 11.4. The summed E-state index contributed by atoms with van der Waals surface area (Å²) in [6.07, 6.45) is 0.700. The van der Waals surface area contributed by atoms with E-state index < -0.39 is 0 Å². The molecule has 3 rings (SSSR count). The highest BCUT2D eigenvalue weighted by molar-refractivity contribution is 7.15. The minimum Gasteiger partial charge on any atom is -0.497 e. The number of nitrogens with two attached hydrogens (primary N) is 1. The van der Waals surface area contributed by atoms with Crippen LogP contribution in [0.25, 0.3) is 16.2 Å². The fraction of sp³-hybridized carbons (Fsp3) is 0.231. The van der Waals surface area contributed by atoms with E-state index in [0.29, 0.717) is 13.0 Å². The first kappa shape index (κ1) is 12.1. The van der Waals surface area contributed by atoms with Gasteiger partial charge in [-0.15, -0.1) is 16.4 Å². The highest BCUT2D eigenvalue weighted by Crippen LogP contribution is 2.27. The molecule has 19 heavy (non-hydrogen) atoms. The van der Waals surface area contributed by atoms with Crippen molar-refractivity contribution in [3.05, 3.63) is 35.5 Å². The summed E-state index contributed by atoms with van der Waals surface area (Å²) in [4.78, 5) is 5.34. The maximum Gasteiger partial charge on any atom is 0.212 e. The quantitative estimate of drug-likeness (QED) is 0.790. The summed E-state index contributed by atoms with van der Waals surface area (Å²) in [6.45, 7) is 0.562. The minimum absolute atomic E-state index is 0.562. The standard InChI is InChI=1S/C13H14N4OS/c1-18-10-4-2-3-9(7-10)11-8-19-13-15-12(5-6-14)16-17(11)13/h2-4,7-8H,5-6,14H2,1H3. The maximum absolute atomic E-state index is 5.54. The molecule has 2 aromatic heterocycles. The molecule has 5 nitrogen and oxygen atoms in total. The van der Waals surface area contributed by atoms with Crippen molar-refractivity contribution in [3.8, 4) is 17.0 Å². The van der Waals surface area contributed by atoms with E-state index in [-0.39, 0.29) is 0 Å². The van der Waals surface area contributed by atoms with Crippen LogP contribution in [0.1, 0.15) is 5.82 Å². The van der Waals surface area contributed by atoms with Crippen LogP contribution in [0, 0.1) is 0 Å². The van der Waals surface area contributed by atoms with Crippen LogP contribution in [0.2, 0.25) is 0 Å². The fourth-order valence-corrected chi connectivity index (χ4v) is 2.79. The van der Waals surface area contributed by atoms with E-state index in [1.165, 1.54) is 0 Å². The molecule has 0 amide bonds. The SMILES string of the molecule is COc1cccc(-c2csc3nc(CCN)nn23)c1. The van der Waals surface area contributed by atoms with Crippen LogP contribution < -0.4 is 10.5 Å². The molecule has 2 heterocycles. The van der Waals surface area contributed by atoms with E-state index in [1.807, 2.05) is 28.8 Å². The first-order valence-corrected chi connectivity index (χ1v) is 6.87. The topological polar surface area (TPSA) is 65.4 Å². The van der Waals surface area contributed by atoms with Gasteiger partial charge in [-0.2, -0.15) is 0 Å². The number of aromatic nitrogens is 3. The zero-order chi connectivity index (χ0) is 13.2. The van der Waals surface area contributed by atoms with Crippen LogP contribution in [0.3, 0.4) is 0 Å². The van der Waals surface area contributed by atoms with E-state index >= 15 is 0 Å². The zero-order valence-electron chi connectivity index (χ0n) is 10.5. The van der Waals surface area contributed by atoms with E-state index in [1.54, 1.807) is 18.4 Å². The number of methoxy groups -OCH3 is 1. The Balaban J connectivity index is 2.08. The van der Waals surface area contributed by atoms with Crippen LogP contribution in [-0.4, -0.2) is 28.3 Å². The normalized spacial score (nSPS) is 11.1. The van der Waals surface area contributed by atoms with Gasteiger partial charge in [0, 0.05) is 17.4 Å². The molecule has 3 aromatic rings. The van der Waals surface area contributed by atoms with Crippen LogP contribution >= 0.6 is 11.3 Å². The lowest BCUT2D eigenvalue weighted by Gasteiger charge is -2.02. The summed E-state index contributed by atoms with van der Waals surface area (Å²) in [5, 5.41) is 6.54. The molecule has 2 N–H and O–H groups in total. The van der Waals surface area contributed by atoms with Gasteiger partial charge in [0.25, 0.3) is 0 Å². The Hall–Kier alpha value is -1.92. The van der Waals surface area contributed by atoms with Crippen molar-refractivity contribution in [2.45, 2.75) is 6.42 Å². The average molecular weight is 274 g/mol. The predicted molar refractivity (Wildman–Crippen MR) is 75.6 cm³/mol. The van der Waals surface area contributed by atoms with Gasteiger partial charge in [-0.1, -0.05) is 12.1 Å². The molecule has 98 valence electrons. The van der Waals surface area contributed by atoms with Gasteiger partial charge in [-0.25, -0.2) is 9.50 Å². The van der Waals surface area contributed by atoms with Crippen molar-refractivity contribution in [1.82, 2.24) is 14.6 Å². The monoisotopic (exact) mass is 274 g/mol. The van der Waals surface area contributed by atoms with Crippen molar-refractivity contribution < 1.29 is 4.74 Å². The van der Waals surface area contributed by atoms with Crippen LogP contribution in [0.5, 0.6) is 5.75 Å². The van der Waals surface area contributed by atoms with E-state index in [9.17, 15) is 0 Å². The van der Waals surface area contributed by atoms with Crippen LogP contribution in [0.4, 0.5) is 0 Å². The summed E-state index contributed by atoms with van der Waals surface area (Å²) in [5.41, 5.74) is 7.62. The molecule has 0 radical (unpaired) electrons. The predicted octanol–water partition coefficient (Wildman–Crippen LogP) is 1.97. The number of rotatable bonds is 4. The minimum atomic E-state index is 0.562. The summed E-state index contributed by atoms with van der Waals surface area (Å²) < 4.78 is 7.12. The van der Waals surface area contributed by atoms with E-state index in [4.69, 9.17) is 10.5 Å². The third-order valence-electron chi connectivity index (χ3n) is 2.86. The van der Waals surface area contributed by atoms with Crippen molar-refractivity contribution in [2.24, 2.45) is 5.73 Å². The Morgan fingerprint density at radius 1 is 1.42 bits per heavy atom. The Morgan fingerprint density at radius 2 is 2.32 bits per heavy atom. The summed E-state index contributed by atoms with van der Waals surface area (Å²) >= 11 is 1.58.